The molecule has 3 rings (SSSR count). The Morgan fingerprint density at radius 3 is 2.50 bits per heavy atom. The zero-order valence-corrected chi connectivity index (χ0v) is 14.7. The van der Waals surface area contributed by atoms with Crippen molar-refractivity contribution in [3.63, 3.8) is 0 Å². The summed E-state index contributed by atoms with van der Waals surface area (Å²) >= 11 is 0. The first-order chi connectivity index (χ1) is 12.3. The van der Waals surface area contributed by atoms with Crippen LogP contribution >= 0.6 is 0 Å². The zero-order valence-electron chi connectivity index (χ0n) is 14.7. The number of anilines is 1. The van der Waals surface area contributed by atoms with E-state index in [0.717, 1.165) is 4.90 Å². The molecule has 0 radical (unpaired) electrons. The number of imide groups is 1. The number of aryl methyl sites for hydroxylation is 1. The molecule has 0 aliphatic carbocycles. The van der Waals surface area contributed by atoms with Gasteiger partial charge in [-0.05, 0) is 50.2 Å². The van der Waals surface area contributed by atoms with E-state index in [1.165, 1.54) is 0 Å². The van der Waals surface area contributed by atoms with Crippen LogP contribution in [-0.4, -0.2) is 36.4 Å². The number of nitrogens with one attached hydrogen (secondary N) is 2. The molecule has 8 nitrogen and oxygen atoms in total. The highest BCUT2D eigenvalue weighted by Gasteiger charge is 2.51. The van der Waals surface area contributed by atoms with E-state index in [1.54, 1.807) is 57.4 Å². The number of furan rings is 1. The topological polar surface area (TPSA) is 101 Å². The van der Waals surface area contributed by atoms with Gasteiger partial charge in [-0.25, -0.2) is 4.79 Å². The predicted octanol–water partition coefficient (Wildman–Crippen LogP) is 2.00. The fraction of sp³-hybridized carbons (Fsp3) is 0.278. The SMILES string of the molecule is COc1ccc(NC(=O)CN2C(=O)NC(C)(c3ccc(C)o3)C2=O)cc1. The Bertz CT molecular complexity index is 858. The number of methoxy groups -OCH3 is 1. The van der Waals surface area contributed by atoms with Gasteiger partial charge >= 0.3 is 6.03 Å². The molecule has 1 unspecified atom stereocenters. The third-order valence-corrected chi connectivity index (χ3v) is 4.18. The van der Waals surface area contributed by atoms with Crippen LogP contribution in [0.4, 0.5) is 10.5 Å². The Labute approximate surface area is 150 Å². The fourth-order valence-electron chi connectivity index (χ4n) is 2.73. The van der Waals surface area contributed by atoms with E-state index in [0.29, 0.717) is 23.0 Å². The summed E-state index contributed by atoms with van der Waals surface area (Å²) < 4.78 is 10.5. The summed E-state index contributed by atoms with van der Waals surface area (Å²) in [6, 6.07) is 9.42. The van der Waals surface area contributed by atoms with Crippen molar-refractivity contribution < 1.29 is 23.5 Å². The molecule has 1 aliphatic heterocycles. The quantitative estimate of drug-likeness (QED) is 0.797. The molecule has 0 bridgehead atoms. The lowest BCUT2D eigenvalue weighted by molar-refractivity contribution is -0.134. The molecular weight excluding hydrogens is 338 g/mol. The number of hydrogen-bond donors (Lipinski definition) is 2. The molecule has 136 valence electrons. The number of hydrogen-bond acceptors (Lipinski definition) is 5. The first-order valence-electron chi connectivity index (χ1n) is 7.98. The Balaban J connectivity index is 1.70. The molecule has 4 amide bonds. The highest BCUT2D eigenvalue weighted by atomic mass is 16.5. The van der Waals surface area contributed by atoms with Crippen LogP contribution in [0.15, 0.2) is 40.8 Å². The molecular formula is C18H19N3O5. The van der Waals surface area contributed by atoms with Crippen molar-refractivity contribution in [2.24, 2.45) is 0 Å². The third-order valence-electron chi connectivity index (χ3n) is 4.18. The van der Waals surface area contributed by atoms with E-state index in [-0.39, 0.29) is 0 Å². The molecule has 2 heterocycles. The molecule has 1 saturated heterocycles. The molecule has 1 atom stereocenters. The van der Waals surface area contributed by atoms with Gasteiger partial charge in [-0.1, -0.05) is 0 Å². The van der Waals surface area contributed by atoms with Gasteiger partial charge < -0.3 is 19.8 Å². The molecule has 1 aromatic heterocycles. The Morgan fingerprint density at radius 2 is 1.92 bits per heavy atom. The maximum absolute atomic E-state index is 12.7. The van der Waals surface area contributed by atoms with E-state index in [9.17, 15) is 14.4 Å². The second-order valence-corrected chi connectivity index (χ2v) is 6.13. The summed E-state index contributed by atoms with van der Waals surface area (Å²) in [6.45, 7) is 2.90. The Hall–Kier alpha value is -3.29. The van der Waals surface area contributed by atoms with Crippen molar-refractivity contribution >= 4 is 23.5 Å². The van der Waals surface area contributed by atoms with E-state index in [4.69, 9.17) is 9.15 Å². The van der Waals surface area contributed by atoms with Gasteiger partial charge in [0.05, 0.1) is 7.11 Å². The summed E-state index contributed by atoms with van der Waals surface area (Å²) in [7, 11) is 1.54. The lowest BCUT2D eigenvalue weighted by Gasteiger charge is -2.19. The summed E-state index contributed by atoms with van der Waals surface area (Å²) in [5, 5.41) is 5.23. The normalized spacial score (nSPS) is 19.4. The molecule has 2 aromatic rings. The number of ether oxygens (including phenoxy) is 1. The van der Waals surface area contributed by atoms with Crippen LogP contribution < -0.4 is 15.4 Å². The van der Waals surface area contributed by atoms with Crippen LogP contribution in [0.3, 0.4) is 0 Å². The van der Waals surface area contributed by atoms with Crippen molar-refractivity contribution in [1.29, 1.82) is 0 Å². The Kier molecular flexibility index (Phi) is 4.41. The molecule has 2 N–H and O–H groups in total. The second-order valence-electron chi connectivity index (χ2n) is 6.13. The van der Waals surface area contributed by atoms with Gasteiger partial charge in [0.2, 0.25) is 5.91 Å². The number of nitrogens with zero attached hydrogens (tertiary/aromatic N) is 1. The number of amides is 4. The van der Waals surface area contributed by atoms with Gasteiger partial charge in [0.15, 0.2) is 5.54 Å². The Morgan fingerprint density at radius 1 is 1.23 bits per heavy atom. The van der Waals surface area contributed by atoms with Crippen LogP contribution in [0.5, 0.6) is 5.75 Å². The highest BCUT2D eigenvalue weighted by molar-refractivity contribution is 6.10. The van der Waals surface area contributed by atoms with Gasteiger partial charge in [0.25, 0.3) is 5.91 Å². The summed E-state index contributed by atoms with van der Waals surface area (Å²) in [5.74, 6) is 0.576. The van der Waals surface area contributed by atoms with Crippen LogP contribution in [0, 0.1) is 6.92 Å². The maximum atomic E-state index is 12.7. The van der Waals surface area contributed by atoms with Crippen LogP contribution in [0.2, 0.25) is 0 Å². The standard InChI is InChI=1S/C18H19N3O5/c1-11-4-9-14(26-11)18(2)16(23)21(17(24)20-18)10-15(22)19-12-5-7-13(25-3)8-6-12/h4-9H,10H2,1-3H3,(H,19,22)(H,20,24). The monoisotopic (exact) mass is 357 g/mol. The molecule has 0 spiro atoms. The molecule has 8 heteroatoms. The molecule has 1 aromatic carbocycles. The average Bonchev–Trinajstić information content (AvgIpc) is 3.14. The minimum atomic E-state index is -1.33. The van der Waals surface area contributed by atoms with E-state index in [2.05, 4.69) is 10.6 Å². The molecule has 1 aliphatic rings. The first kappa shape index (κ1) is 17.5. The number of carbonyl (C=O) groups is 3. The number of benzene rings is 1. The van der Waals surface area contributed by atoms with Crippen LogP contribution in [0.25, 0.3) is 0 Å². The van der Waals surface area contributed by atoms with Gasteiger partial charge in [-0.15, -0.1) is 0 Å². The summed E-state index contributed by atoms with van der Waals surface area (Å²) in [5.41, 5.74) is -0.793. The highest BCUT2D eigenvalue weighted by Crippen LogP contribution is 2.30. The molecule has 1 fully saturated rings. The smallest absolute Gasteiger partial charge is 0.325 e. The van der Waals surface area contributed by atoms with Gasteiger partial charge in [0, 0.05) is 5.69 Å². The van der Waals surface area contributed by atoms with Crippen LogP contribution in [0.1, 0.15) is 18.4 Å². The van der Waals surface area contributed by atoms with Crippen molar-refractivity contribution in [2.75, 3.05) is 19.0 Å². The van der Waals surface area contributed by atoms with Gasteiger partial charge in [0.1, 0.15) is 23.8 Å². The number of urea groups is 1. The minimum Gasteiger partial charge on any atom is -0.497 e. The second kappa shape index (κ2) is 6.55. The van der Waals surface area contributed by atoms with E-state index in [1.807, 2.05) is 0 Å². The van der Waals surface area contributed by atoms with Crippen molar-refractivity contribution in [3.05, 3.63) is 47.9 Å². The average molecular weight is 357 g/mol. The first-order valence-corrected chi connectivity index (χ1v) is 7.98. The maximum Gasteiger partial charge on any atom is 0.325 e. The summed E-state index contributed by atoms with van der Waals surface area (Å²) in [6.07, 6.45) is 0. The lowest BCUT2D eigenvalue weighted by atomic mass is 9.99. The summed E-state index contributed by atoms with van der Waals surface area (Å²) in [4.78, 5) is 38.0. The fourth-order valence-corrected chi connectivity index (χ4v) is 2.73. The van der Waals surface area contributed by atoms with Gasteiger partial charge in [-0.3, -0.25) is 14.5 Å². The lowest BCUT2D eigenvalue weighted by Crippen LogP contribution is -2.41. The number of carbonyl (C=O) groups excluding carboxylic acids is 3. The minimum absolute atomic E-state index is 0.325. The number of rotatable bonds is 5. The third kappa shape index (κ3) is 3.13. The van der Waals surface area contributed by atoms with Crippen molar-refractivity contribution in [2.45, 2.75) is 19.4 Å². The predicted molar refractivity (Wildman–Crippen MR) is 92.7 cm³/mol. The largest absolute Gasteiger partial charge is 0.497 e. The van der Waals surface area contributed by atoms with Crippen molar-refractivity contribution in [1.82, 2.24) is 10.2 Å². The van der Waals surface area contributed by atoms with Gasteiger partial charge in [-0.2, -0.15) is 0 Å². The molecule has 0 saturated carbocycles. The molecule has 26 heavy (non-hydrogen) atoms. The van der Waals surface area contributed by atoms with Crippen LogP contribution in [-0.2, 0) is 15.1 Å². The van der Waals surface area contributed by atoms with E-state index >= 15 is 0 Å². The van der Waals surface area contributed by atoms with E-state index < -0.39 is 29.9 Å². The van der Waals surface area contributed by atoms with Crippen molar-refractivity contribution in [3.8, 4) is 5.75 Å². The zero-order chi connectivity index (χ0) is 18.9.